The van der Waals surface area contributed by atoms with Crippen LogP contribution in [0.4, 0.5) is 0 Å². The van der Waals surface area contributed by atoms with E-state index in [1.54, 1.807) is 18.2 Å². The molecule has 2 N–H and O–H groups in total. The van der Waals surface area contributed by atoms with E-state index in [1.807, 2.05) is 0 Å². The molecule has 106 valence electrons. The molecule has 1 aliphatic rings. The Morgan fingerprint density at radius 2 is 2.26 bits per heavy atom. The molecule has 1 aromatic rings. The molecule has 0 amide bonds. The van der Waals surface area contributed by atoms with Gasteiger partial charge in [-0.15, -0.1) is 0 Å². The van der Waals surface area contributed by atoms with Crippen LogP contribution in [0.5, 0.6) is 5.75 Å². The van der Waals surface area contributed by atoms with E-state index in [-0.39, 0.29) is 6.61 Å². The summed E-state index contributed by atoms with van der Waals surface area (Å²) in [5, 5.41) is 14.0. The second-order valence-corrected chi connectivity index (χ2v) is 5.32. The van der Waals surface area contributed by atoms with Gasteiger partial charge in [-0.2, -0.15) is 0 Å². The van der Waals surface area contributed by atoms with Crippen molar-refractivity contribution in [2.45, 2.75) is 18.6 Å². The monoisotopic (exact) mass is 305 g/mol. The number of aliphatic hydroxyl groups excluding tert-OH is 1. The lowest BCUT2D eigenvalue weighted by molar-refractivity contribution is 0.102. The topological polar surface area (TPSA) is 50.7 Å². The zero-order valence-electron chi connectivity index (χ0n) is 10.4. The van der Waals surface area contributed by atoms with E-state index in [4.69, 9.17) is 32.7 Å². The highest BCUT2D eigenvalue weighted by atomic mass is 35.5. The fraction of sp³-hybridized carbons (Fsp3) is 0.538. The summed E-state index contributed by atoms with van der Waals surface area (Å²) in [6, 6.07) is 5.35. The van der Waals surface area contributed by atoms with Gasteiger partial charge in [-0.05, 0) is 18.6 Å². The van der Waals surface area contributed by atoms with Gasteiger partial charge in [-0.1, -0.05) is 23.2 Å². The Morgan fingerprint density at radius 1 is 1.42 bits per heavy atom. The van der Waals surface area contributed by atoms with Crippen molar-refractivity contribution in [3.05, 3.63) is 28.2 Å². The van der Waals surface area contributed by atoms with E-state index in [0.717, 1.165) is 13.0 Å². The zero-order chi connectivity index (χ0) is 13.7. The average Bonchev–Trinajstić information content (AvgIpc) is 2.91. The summed E-state index contributed by atoms with van der Waals surface area (Å²) in [4.78, 5) is 0. The minimum absolute atomic E-state index is 0.207. The molecule has 0 spiro atoms. The van der Waals surface area contributed by atoms with Gasteiger partial charge in [0.25, 0.3) is 0 Å². The molecule has 1 saturated heterocycles. The Morgan fingerprint density at radius 3 is 2.95 bits per heavy atom. The minimum atomic E-state index is -0.574. The molecule has 1 heterocycles. The molecular weight excluding hydrogens is 289 g/mol. The molecule has 4 nitrogen and oxygen atoms in total. The van der Waals surface area contributed by atoms with Crippen LogP contribution in [0, 0.1) is 0 Å². The molecular formula is C13H17Cl2NO3. The summed E-state index contributed by atoms with van der Waals surface area (Å²) in [5.74, 6) is 0.595. The van der Waals surface area contributed by atoms with Gasteiger partial charge < -0.3 is 19.9 Å². The van der Waals surface area contributed by atoms with E-state index < -0.39 is 6.10 Å². The first kappa shape index (κ1) is 14.9. The van der Waals surface area contributed by atoms with Crippen molar-refractivity contribution < 1.29 is 14.6 Å². The molecule has 1 fully saturated rings. The molecule has 2 atom stereocenters. The quantitative estimate of drug-likeness (QED) is 0.845. The number of aliphatic hydroxyl groups is 1. The molecule has 0 bridgehead atoms. The normalized spacial score (nSPS) is 20.5. The lowest BCUT2D eigenvalue weighted by Crippen LogP contribution is -2.38. The summed E-state index contributed by atoms with van der Waals surface area (Å²) in [7, 11) is 0. The summed E-state index contributed by atoms with van der Waals surface area (Å²) >= 11 is 11.7. The van der Waals surface area contributed by atoms with Crippen molar-refractivity contribution in [1.29, 1.82) is 0 Å². The molecule has 0 saturated carbocycles. The van der Waals surface area contributed by atoms with Gasteiger partial charge in [0.2, 0.25) is 0 Å². The van der Waals surface area contributed by atoms with Crippen LogP contribution in [0.2, 0.25) is 10.0 Å². The number of rotatable bonds is 6. The molecule has 1 aromatic carbocycles. The first-order valence-corrected chi connectivity index (χ1v) is 6.98. The van der Waals surface area contributed by atoms with Gasteiger partial charge in [0.15, 0.2) is 0 Å². The van der Waals surface area contributed by atoms with Crippen LogP contribution < -0.4 is 10.1 Å². The van der Waals surface area contributed by atoms with Gasteiger partial charge in [0.1, 0.15) is 18.5 Å². The van der Waals surface area contributed by atoms with E-state index >= 15 is 0 Å². The SMILES string of the molecule is OC(CNC1CCOC1)COc1ccc(Cl)c(Cl)c1. The predicted octanol–water partition coefficient (Wildman–Crippen LogP) is 2.11. The van der Waals surface area contributed by atoms with E-state index in [2.05, 4.69) is 5.32 Å². The van der Waals surface area contributed by atoms with Gasteiger partial charge in [-0.3, -0.25) is 0 Å². The Kier molecular flexibility index (Phi) is 5.73. The maximum Gasteiger partial charge on any atom is 0.121 e. The number of ether oxygens (including phenoxy) is 2. The van der Waals surface area contributed by atoms with Gasteiger partial charge in [0.05, 0.1) is 16.7 Å². The second-order valence-electron chi connectivity index (χ2n) is 4.51. The Balaban J connectivity index is 1.70. The third kappa shape index (κ3) is 4.82. The largest absolute Gasteiger partial charge is 0.491 e. The molecule has 19 heavy (non-hydrogen) atoms. The third-order valence-electron chi connectivity index (χ3n) is 2.91. The van der Waals surface area contributed by atoms with Crippen molar-refractivity contribution in [1.82, 2.24) is 5.32 Å². The number of benzene rings is 1. The fourth-order valence-corrected chi connectivity index (χ4v) is 2.10. The van der Waals surface area contributed by atoms with Crippen molar-refractivity contribution in [3.63, 3.8) is 0 Å². The van der Waals surface area contributed by atoms with Gasteiger partial charge >= 0.3 is 0 Å². The zero-order valence-corrected chi connectivity index (χ0v) is 12.0. The summed E-state index contributed by atoms with van der Waals surface area (Å²) < 4.78 is 10.7. The highest BCUT2D eigenvalue weighted by molar-refractivity contribution is 6.42. The summed E-state index contributed by atoms with van der Waals surface area (Å²) in [6.45, 7) is 2.18. The molecule has 6 heteroatoms. The van der Waals surface area contributed by atoms with Crippen LogP contribution >= 0.6 is 23.2 Å². The Bertz CT molecular complexity index is 411. The number of halogens is 2. The van der Waals surface area contributed by atoms with Crippen LogP contribution in [-0.2, 0) is 4.74 Å². The molecule has 0 radical (unpaired) electrons. The second kappa shape index (κ2) is 7.31. The maximum absolute atomic E-state index is 9.81. The van der Waals surface area contributed by atoms with Crippen molar-refractivity contribution in [2.24, 2.45) is 0 Å². The van der Waals surface area contributed by atoms with Crippen molar-refractivity contribution >= 4 is 23.2 Å². The van der Waals surface area contributed by atoms with Crippen LogP contribution in [0.3, 0.4) is 0 Å². The van der Waals surface area contributed by atoms with Crippen LogP contribution in [0.1, 0.15) is 6.42 Å². The van der Waals surface area contributed by atoms with Crippen LogP contribution in [-0.4, -0.2) is 43.6 Å². The van der Waals surface area contributed by atoms with E-state index in [1.165, 1.54) is 0 Å². The number of nitrogens with one attached hydrogen (secondary N) is 1. The molecule has 0 aliphatic carbocycles. The summed E-state index contributed by atoms with van der Waals surface area (Å²) in [6.07, 6.45) is 0.412. The van der Waals surface area contributed by atoms with Gasteiger partial charge in [0, 0.05) is 25.3 Å². The van der Waals surface area contributed by atoms with Crippen LogP contribution in [0.15, 0.2) is 18.2 Å². The molecule has 2 unspecified atom stereocenters. The lowest BCUT2D eigenvalue weighted by Gasteiger charge is -2.16. The smallest absolute Gasteiger partial charge is 0.121 e. The predicted molar refractivity (Wildman–Crippen MR) is 75.2 cm³/mol. The fourth-order valence-electron chi connectivity index (χ4n) is 1.82. The third-order valence-corrected chi connectivity index (χ3v) is 3.64. The molecule has 2 rings (SSSR count). The van der Waals surface area contributed by atoms with Gasteiger partial charge in [-0.25, -0.2) is 0 Å². The van der Waals surface area contributed by atoms with E-state index in [0.29, 0.717) is 35.0 Å². The first-order valence-electron chi connectivity index (χ1n) is 6.22. The lowest BCUT2D eigenvalue weighted by atomic mass is 10.2. The Labute approximate surface area is 122 Å². The minimum Gasteiger partial charge on any atom is -0.491 e. The summed E-state index contributed by atoms with van der Waals surface area (Å²) in [5.41, 5.74) is 0. The van der Waals surface area contributed by atoms with E-state index in [9.17, 15) is 5.11 Å². The van der Waals surface area contributed by atoms with Crippen molar-refractivity contribution in [2.75, 3.05) is 26.4 Å². The molecule has 1 aliphatic heterocycles. The number of hydrogen-bond donors (Lipinski definition) is 2. The maximum atomic E-state index is 9.81. The van der Waals surface area contributed by atoms with Crippen LogP contribution in [0.25, 0.3) is 0 Å². The number of hydrogen-bond acceptors (Lipinski definition) is 4. The molecule has 0 aromatic heterocycles. The highest BCUT2D eigenvalue weighted by Crippen LogP contribution is 2.26. The average molecular weight is 306 g/mol. The standard InChI is InChI=1S/C13H17Cl2NO3/c14-12-2-1-11(5-13(12)15)19-8-10(17)6-16-9-3-4-18-7-9/h1-2,5,9-10,16-17H,3-4,6-8H2. The Hall–Kier alpha value is -0.520. The van der Waals surface area contributed by atoms with Crippen molar-refractivity contribution in [3.8, 4) is 5.75 Å². The first-order chi connectivity index (χ1) is 9.15. The highest BCUT2D eigenvalue weighted by Gasteiger charge is 2.16.